The number of nitro benzene ring substituents is 1. The minimum Gasteiger partial charge on any atom is -0.449 e. The number of rotatable bonds is 6. The average molecular weight is 393 g/mol. The Morgan fingerprint density at radius 1 is 1.18 bits per heavy atom. The fourth-order valence-electron chi connectivity index (χ4n) is 2.30. The van der Waals surface area contributed by atoms with Gasteiger partial charge in [-0.2, -0.15) is 0 Å². The Bertz CT molecular complexity index is 913. The van der Waals surface area contributed by atoms with Crippen LogP contribution in [-0.2, 0) is 9.53 Å². The lowest BCUT2D eigenvalue weighted by molar-refractivity contribution is -0.384. The molecule has 148 valence electrons. The molecule has 2 rings (SSSR count). The summed E-state index contributed by atoms with van der Waals surface area (Å²) in [6.45, 7) is 1.20. The van der Waals surface area contributed by atoms with Gasteiger partial charge in [0.2, 0.25) is 0 Å². The van der Waals surface area contributed by atoms with Crippen LogP contribution in [0, 0.1) is 21.7 Å². The van der Waals surface area contributed by atoms with Crippen LogP contribution < -0.4 is 10.2 Å². The second kappa shape index (κ2) is 8.42. The summed E-state index contributed by atoms with van der Waals surface area (Å²) >= 11 is 0. The van der Waals surface area contributed by atoms with Crippen LogP contribution in [0.4, 0.5) is 25.8 Å². The second-order valence-electron chi connectivity index (χ2n) is 5.99. The lowest BCUT2D eigenvalue weighted by atomic mass is 10.1. The maximum absolute atomic E-state index is 13.6. The van der Waals surface area contributed by atoms with Gasteiger partial charge in [0.1, 0.15) is 23.0 Å². The highest BCUT2D eigenvalue weighted by Gasteiger charge is 2.24. The Morgan fingerprint density at radius 2 is 1.79 bits per heavy atom. The van der Waals surface area contributed by atoms with E-state index in [1.165, 1.54) is 24.0 Å². The molecule has 1 N–H and O–H groups in total. The number of amides is 1. The Morgan fingerprint density at radius 3 is 2.32 bits per heavy atom. The summed E-state index contributed by atoms with van der Waals surface area (Å²) < 4.78 is 32.1. The van der Waals surface area contributed by atoms with Crippen molar-refractivity contribution in [1.29, 1.82) is 0 Å². The van der Waals surface area contributed by atoms with Crippen molar-refractivity contribution in [2.75, 3.05) is 24.3 Å². The monoisotopic (exact) mass is 393 g/mol. The van der Waals surface area contributed by atoms with Crippen molar-refractivity contribution < 1.29 is 28.0 Å². The molecule has 8 nitrogen and oxygen atoms in total. The van der Waals surface area contributed by atoms with Crippen molar-refractivity contribution in [3.05, 3.63) is 63.7 Å². The van der Waals surface area contributed by atoms with E-state index in [0.717, 1.165) is 24.3 Å². The Kier molecular flexibility index (Phi) is 6.24. The summed E-state index contributed by atoms with van der Waals surface area (Å²) in [6, 6.07) is 6.76. The van der Waals surface area contributed by atoms with E-state index in [9.17, 15) is 28.5 Å². The average Bonchev–Trinajstić information content (AvgIpc) is 2.63. The first-order chi connectivity index (χ1) is 13.1. The maximum Gasteiger partial charge on any atom is 0.339 e. The second-order valence-corrected chi connectivity index (χ2v) is 5.99. The van der Waals surface area contributed by atoms with Crippen LogP contribution in [0.15, 0.2) is 36.4 Å². The SMILES string of the molecule is C[C@@H](OC(=O)c1ccc(N(C)C)c([N+](=O)[O-])c1)C(=O)Nc1c(F)cccc1F. The number of nitro groups is 1. The van der Waals surface area contributed by atoms with Crippen molar-refractivity contribution in [2.24, 2.45) is 0 Å². The molecule has 0 radical (unpaired) electrons. The summed E-state index contributed by atoms with van der Waals surface area (Å²) in [6.07, 6.45) is -1.40. The molecule has 0 saturated heterocycles. The number of carbonyl (C=O) groups excluding carboxylic acids is 2. The van der Waals surface area contributed by atoms with Gasteiger partial charge in [0.15, 0.2) is 6.10 Å². The van der Waals surface area contributed by atoms with E-state index in [1.54, 1.807) is 14.1 Å². The molecule has 0 bridgehead atoms. The molecule has 0 unspecified atom stereocenters. The quantitative estimate of drug-likeness (QED) is 0.460. The normalized spacial score (nSPS) is 11.5. The van der Waals surface area contributed by atoms with Gasteiger partial charge >= 0.3 is 5.97 Å². The molecule has 0 aliphatic carbocycles. The molecule has 0 spiro atoms. The Balaban J connectivity index is 2.14. The highest BCUT2D eigenvalue weighted by atomic mass is 19.1. The fraction of sp³-hybridized carbons (Fsp3) is 0.222. The zero-order chi connectivity index (χ0) is 21.0. The summed E-state index contributed by atoms with van der Waals surface area (Å²) in [4.78, 5) is 36.3. The molecule has 2 aromatic rings. The number of para-hydroxylation sites is 1. The maximum atomic E-state index is 13.6. The minimum atomic E-state index is -1.40. The Hall–Kier alpha value is -3.56. The lowest BCUT2D eigenvalue weighted by Gasteiger charge is -2.15. The topological polar surface area (TPSA) is 102 Å². The molecular formula is C18H17F2N3O5. The van der Waals surface area contributed by atoms with Gasteiger partial charge in [-0.1, -0.05) is 6.07 Å². The van der Waals surface area contributed by atoms with Crippen molar-refractivity contribution in [3.8, 4) is 0 Å². The predicted octanol–water partition coefficient (Wildman–Crippen LogP) is 3.12. The van der Waals surface area contributed by atoms with E-state index < -0.39 is 40.2 Å². The largest absolute Gasteiger partial charge is 0.449 e. The first-order valence-electron chi connectivity index (χ1n) is 8.03. The number of hydrogen-bond acceptors (Lipinski definition) is 6. The number of nitrogens with one attached hydrogen (secondary N) is 1. The number of anilines is 2. The van der Waals surface area contributed by atoms with E-state index in [-0.39, 0.29) is 16.9 Å². The van der Waals surface area contributed by atoms with Gasteiger partial charge in [-0.3, -0.25) is 14.9 Å². The van der Waals surface area contributed by atoms with Crippen LogP contribution in [0.5, 0.6) is 0 Å². The van der Waals surface area contributed by atoms with Gasteiger partial charge in [-0.05, 0) is 31.2 Å². The van der Waals surface area contributed by atoms with Gasteiger partial charge in [0, 0.05) is 20.2 Å². The van der Waals surface area contributed by atoms with Crippen LogP contribution in [0.2, 0.25) is 0 Å². The Labute approximate surface area is 158 Å². The van der Waals surface area contributed by atoms with E-state index >= 15 is 0 Å². The van der Waals surface area contributed by atoms with Gasteiger partial charge in [-0.15, -0.1) is 0 Å². The summed E-state index contributed by atoms with van der Waals surface area (Å²) in [5, 5.41) is 13.2. The smallest absolute Gasteiger partial charge is 0.339 e. The molecule has 0 aromatic heterocycles. The van der Waals surface area contributed by atoms with Gasteiger partial charge in [0.25, 0.3) is 11.6 Å². The first kappa shape index (κ1) is 20.7. The van der Waals surface area contributed by atoms with Crippen molar-refractivity contribution in [3.63, 3.8) is 0 Å². The van der Waals surface area contributed by atoms with E-state index in [1.807, 2.05) is 5.32 Å². The molecule has 0 saturated carbocycles. The number of esters is 1. The molecule has 0 aliphatic rings. The highest BCUT2D eigenvalue weighted by Crippen LogP contribution is 2.28. The molecule has 10 heteroatoms. The first-order valence-corrected chi connectivity index (χ1v) is 8.03. The van der Waals surface area contributed by atoms with Crippen molar-refractivity contribution >= 4 is 28.9 Å². The van der Waals surface area contributed by atoms with Crippen molar-refractivity contribution in [1.82, 2.24) is 0 Å². The molecular weight excluding hydrogens is 376 g/mol. The number of halogens is 2. The van der Waals surface area contributed by atoms with Crippen LogP contribution in [0.3, 0.4) is 0 Å². The third kappa shape index (κ3) is 4.58. The fourth-order valence-corrected chi connectivity index (χ4v) is 2.30. The number of ether oxygens (including phenoxy) is 1. The van der Waals surface area contributed by atoms with Crippen LogP contribution in [0.25, 0.3) is 0 Å². The summed E-state index contributed by atoms with van der Waals surface area (Å²) in [5.74, 6) is -3.93. The molecule has 1 amide bonds. The third-order valence-corrected chi connectivity index (χ3v) is 3.75. The minimum absolute atomic E-state index is 0.144. The zero-order valence-corrected chi connectivity index (χ0v) is 15.2. The molecule has 0 fully saturated rings. The number of nitrogens with zero attached hydrogens (tertiary/aromatic N) is 2. The standard InChI is InChI=1S/C18H17F2N3O5/c1-10(17(24)21-16-12(19)5-4-6-13(16)20)28-18(25)11-7-8-14(22(2)3)15(9-11)23(26)27/h4-10H,1-3H3,(H,21,24)/t10-/m1/s1. The van der Waals surface area contributed by atoms with Crippen LogP contribution in [0.1, 0.15) is 17.3 Å². The number of hydrogen-bond donors (Lipinski definition) is 1. The van der Waals surface area contributed by atoms with E-state index in [4.69, 9.17) is 4.74 Å². The molecule has 1 atom stereocenters. The van der Waals surface area contributed by atoms with E-state index in [2.05, 4.69) is 0 Å². The third-order valence-electron chi connectivity index (χ3n) is 3.75. The van der Waals surface area contributed by atoms with Crippen molar-refractivity contribution in [2.45, 2.75) is 13.0 Å². The van der Waals surface area contributed by atoms with Gasteiger partial charge in [0.05, 0.1) is 10.5 Å². The summed E-state index contributed by atoms with van der Waals surface area (Å²) in [7, 11) is 3.21. The molecule has 0 heterocycles. The molecule has 2 aromatic carbocycles. The van der Waals surface area contributed by atoms with Crippen LogP contribution in [-0.4, -0.2) is 37.0 Å². The molecule has 28 heavy (non-hydrogen) atoms. The van der Waals surface area contributed by atoms with Gasteiger partial charge in [-0.25, -0.2) is 13.6 Å². The summed E-state index contributed by atoms with van der Waals surface area (Å²) in [5.41, 5.74) is -0.845. The van der Waals surface area contributed by atoms with Crippen LogP contribution >= 0.6 is 0 Å². The lowest BCUT2D eigenvalue weighted by Crippen LogP contribution is -2.30. The van der Waals surface area contributed by atoms with Gasteiger partial charge < -0.3 is 15.0 Å². The number of carbonyl (C=O) groups is 2. The highest BCUT2D eigenvalue weighted by molar-refractivity contribution is 5.98. The number of benzene rings is 2. The molecule has 0 aliphatic heterocycles. The van der Waals surface area contributed by atoms with E-state index in [0.29, 0.717) is 0 Å². The predicted molar refractivity (Wildman–Crippen MR) is 97.3 cm³/mol. The zero-order valence-electron chi connectivity index (χ0n) is 15.2.